The van der Waals surface area contributed by atoms with Crippen LogP contribution in [0.5, 0.6) is 0 Å². The van der Waals surface area contributed by atoms with Crippen molar-refractivity contribution in [2.75, 3.05) is 0 Å². The third-order valence-corrected chi connectivity index (χ3v) is 2.74. The van der Waals surface area contributed by atoms with Crippen molar-refractivity contribution in [3.8, 4) is 0 Å². The van der Waals surface area contributed by atoms with Gasteiger partial charge in [0.25, 0.3) is 0 Å². The maximum absolute atomic E-state index is 13.3. The lowest BCUT2D eigenvalue weighted by Crippen LogP contribution is -2.13. The summed E-state index contributed by atoms with van der Waals surface area (Å²) in [7, 11) is 0. The molecule has 0 radical (unpaired) electrons. The Morgan fingerprint density at radius 2 is 2.28 bits per heavy atom. The van der Waals surface area contributed by atoms with Gasteiger partial charge < -0.3 is 0 Å². The van der Waals surface area contributed by atoms with E-state index in [-0.39, 0.29) is 22.2 Å². The number of hydrogen-bond acceptors (Lipinski definition) is 3. The normalized spacial score (nSPS) is 10.6. The van der Waals surface area contributed by atoms with Crippen molar-refractivity contribution in [3.63, 3.8) is 0 Å². The van der Waals surface area contributed by atoms with Gasteiger partial charge in [-0.15, -0.1) is 0 Å². The molecular formula is C12H11ClFN3O. The van der Waals surface area contributed by atoms with Crippen LogP contribution in [0.15, 0.2) is 24.5 Å². The molecule has 0 unspecified atom stereocenters. The molecule has 0 atom stereocenters. The highest BCUT2D eigenvalue weighted by molar-refractivity contribution is 6.30. The largest absolute Gasteiger partial charge is 0.285 e. The van der Waals surface area contributed by atoms with Crippen LogP contribution in [-0.4, -0.2) is 20.5 Å². The van der Waals surface area contributed by atoms with Gasteiger partial charge in [0.2, 0.25) is 5.78 Å². The molecule has 1 heterocycles. The van der Waals surface area contributed by atoms with E-state index in [2.05, 4.69) is 10.1 Å². The van der Waals surface area contributed by atoms with Gasteiger partial charge >= 0.3 is 0 Å². The van der Waals surface area contributed by atoms with Crippen molar-refractivity contribution >= 4 is 17.4 Å². The molecular weight excluding hydrogens is 257 g/mol. The Balaban J connectivity index is 2.35. The fourth-order valence-corrected chi connectivity index (χ4v) is 1.70. The van der Waals surface area contributed by atoms with Crippen LogP contribution >= 0.6 is 11.6 Å². The van der Waals surface area contributed by atoms with Crippen LogP contribution in [0.2, 0.25) is 5.02 Å². The molecule has 0 N–H and O–H groups in total. The SMILES string of the molecule is CCCn1ncnc1C(=O)c1ccc(Cl)c(F)c1. The molecule has 1 aromatic carbocycles. The second kappa shape index (κ2) is 5.27. The Morgan fingerprint density at radius 1 is 1.50 bits per heavy atom. The number of carbonyl (C=O) groups is 1. The quantitative estimate of drug-likeness (QED) is 0.800. The molecule has 0 spiro atoms. The second-order valence-electron chi connectivity index (χ2n) is 3.76. The van der Waals surface area contributed by atoms with Crippen LogP contribution in [0.4, 0.5) is 4.39 Å². The summed E-state index contributed by atoms with van der Waals surface area (Å²) in [6.45, 7) is 2.56. The van der Waals surface area contributed by atoms with E-state index in [0.29, 0.717) is 6.54 Å². The van der Waals surface area contributed by atoms with E-state index in [1.165, 1.54) is 23.1 Å². The average Bonchev–Trinajstić information content (AvgIpc) is 2.80. The number of carbonyl (C=O) groups excluding carboxylic acids is 1. The molecule has 0 fully saturated rings. The highest BCUT2D eigenvalue weighted by Gasteiger charge is 2.17. The van der Waals surface area contributed by atoms with Gasteiger partial charge in [-0.25, -0.2) is 14.1 Å². The van der Waals surface area contributed by atoms with Crippen LogP contribution in [0, 0.1) is 5.82 Å². The first-order valence-electron chi connectivity index (χ1n) is 5.51. The van der Waals surface area contributed by atoms with Crippen LogP contribution in [0.3, 0.4) is 0 Å². The molecule has 6 heteroatoms. The summed E-state index contributed by atoms with van der Waals surface area (Å²) >= 11 is 5.57. The highest BCUT2D eigenvalue weighted by Crippen LogP contribution is 2.17. The third kappa shape index (κ3) is 2.41. The Labute approximate surface area is 108 Å². The fourth-order valence-electron chi connectivity index (χ4n) is 1.58. The van der Waals surface area contributed by atoms with Gasteiger partial charge in [-0.3, -0.25) is 4.79 Å². The van der Waals surface area contributed by atoms with E-state index in [0.717, 1.165) is 12.5 Å². The number of aryl methyl sites for hydroxylation is 1. The van der Waals surface area contributed by atoms with Crippen LogP contribution < -0.4 is 0 Å². The van der Waals surface area contributed by atoms with Crippen LogP contribution in [0.25, 0.3) is 0 Å². The van der Waals surface area contributed by atoms with Crippen molar-refractivity contribution in [2.45, 2.75) is 19.9 Å². The maximum atomic E-state index is 13.3. The number of halogens is 2. The molecule has 18 heavy (non-hydrogen) atoms. The van der Waals surface area contributed by atoms with Gasteiger partial charge in [0.1, 0.15) is 12.1 Å². The Kier molecular flexibility index (Phi) is 3.72. The molecule has 0 bridgehead atoms. The lowest BCUT2D eigenvalue weighted by molar-refractivity contribution is 0.102. The van der Waals surface area contributed by atoms with Gasteiger partial charge in [-0.05, 0) is 24.6 Å². The second-order valence-corrected chi connectivity index (χ2v) is 4.17. The van der Waals surface area contributed by atoms with E-state index in [1.807, 2.05) is 6.92 Å². The molecule has 4 nitrogen and oxygen atoms in total. The zero-order valence-corrected chi connectivity index (χ0v) is 10.5. The summed E-state index contributed by atoms with van der Waals surface area (Å²) in [5.74, 6) is -0.779. The number of hydrogen-bond donors (Lipinski definition) is 0. The first kappa shape index (κ1) is 12.7. The van der Waals surface area contributed by atoms with Crippen LogP contribution in [-0.2, 0) is 6.54 Å². The fraction of sp³-hybridized carbons (Fsp3) is 0.250. The van der Waals surface area contributed by atoms with Crippen molar-refractivity contribution < 1.29 is 9.18 Å². The minimum atomic E-state index is -0.621. The summed E-state index contributed by atoms with van der Waals surface area (Å²) < 4.78 is 14.8. The predicted octanol–water partition coefficient (Wildman–Crippen LogP) is 2.71. The van der Waals surface area contributed by atoms with Gasteiger partial charge in [-0.2, -0.15) is 5.10 Å². The van der Waals surface area contributed by atoms with Gasteiger partial charge in [0.15, 0.2) is 5.82 Å². The molecule has 0 aliphatic rings. The minimum absolute atomic E-state index is 0.0124. The lowest BCUT2D eigenvalue weighted by Gasteiger charge is -2.04. The summed E-state index contributed by atoms with van der Waals surface area (Å²) in [6.07, 6.45) is 2.15. The van der Waals surface area contributed by atoms with E-state index >= 15 is 0 Å². The Hall–Kier alpha value is -1.75. The zero-order valence-electron chi connectivity index (χ0n) is 9.73. The number of ketones is 1. The standard InChI is InChI=1S/C12H11ClFN3O/c1-2-5-17-12(15-7-16-17)11(18)8-3-4-9(13)10(14)6-8/h3-4,6-7H,2,5H2,1H3. The molecule has 0 amide bonds. The summed E-state index contributed by atoms with van der Waals surface area (Å²) in [6, 6.07) is 3.93. The topological polar surface area (TPSA) is 47.8 Å². The molecule has 0 aliphatic heterocycles. The summed E-state index contributed by atoms with van der Waals surface area (Å²) in [5, 5.41) is 3.94. The van der Waals surface area contributed by atoms with E-state index < -0.39 is 5.82 Å². The molecule has 94 valence electrons. The van der Waals surface area contributed by atoms with Gasteiger partial charge in [-0.1, -0.05) is 18.5 Å². The molecule has 0 saturated heterocycles. The van der Waals surface area contributed by atoms with E-state index in [1.54, 1.807) is 0 Å². The number of aromatic nitrogens is 3. The van der Waals surface area contributed by atoms with E-state index in [9.17, 15) is 9.18 Å². The monoisotopic (exact) mass is 267 g/mol. The molecule has 0 aliphatic carbocycles. The minimum Gasteiger partial charge on any atom is -0.285 e. The van der Waals surface area contributed by atoms with Crippen molar-refractivity contribution in [1.29, 1.82) is 0 Å². The lowest BCUT2D eigenvalue weighted by atomic mass is 10.1. The number of rotatable bonds is 4. The van der Waals surface area contributed by atoms with Crippen molar-refractivity contribution in [1.82, 2.24) is 14.8 Å². The Morgan fingerprint density at radius 3 is 2.94 bits per heavy atom. The summed E-state index contributed by atoms with van der Waals surface area (Å²) in [5.41, 5.74) is 0.210. The summed E-state index contributed by atoms with van der Waals surface area (Å²) in [4.78, 5) is 16.0. The van der Waals surface area contributed by atoms with Gasteiger partial charge in [0, 0.05) is 12.1 Å². The molecule has 2 rings (SSSR count). The Bertz CT molecular complexity index is 582. The number of benzene rings is 1. The first-order valence-corrected chi connectivity index (χ1v) is 5.89. The van der Waals surface area contributed by atoms with Gasteiger partial charge in [0.05, 0.1) is 5.02 Å². The molecule has 0 saturated carbocycles. The zero-order chi connectivity index (χ0) is 13.1. The average molecular weight is 268 g/mol. The predicted molar refractivity (Wildman–Crippen MR) is 65.2 cm³/mol. The molecule has 2 aromatic rings. The van der Waals surface area contributed by atoms with Crippen molar-refractivity contribution in [3.05, 3.63) is 46.8 Å². The van der Waals surface area contributed by atoms with Crippen molar-refractivity contribution in [2.24, 2.45) is 0 Å². The maximum Gasteiger partial charge on any atom is 0.230 e. The first-order chi connectivity index (χ1) is 8.63. The number of nitrogens with zero attached hydrogens (tertiary/aromatic N) is 3. The van der Waals surface area contributed by atoms with Crippen LogP contribution in [0.1, 0.15) is 29.5 Å². The third-order valence-electron chi connectivity index (χ3n) is 2.44. The highest BCUT2D eigenvalue weighted by atomic mass is 35.5. The van der Waals surface area contributed by atoms with E-state index in [4.69, 9.17) is 11.6 Å². The smallest absolute Gasteiger partial charge is 0.230 e. The molecule has 1 aromatic heterocycles.